The number of H-pyrrole nitrogens is 1. The van der Waals surface area contributed by atoms with Gasteiger partial charge in [-0.25, -0.2) is 4.79 Å². The van der Waals surface area contributed by atoms with Crippen LogP contribution in [-0.4, -0.2) is 4.98 Å². The van der Waals surface area contributed by atoms with E-state index >= 15 is 0 Å². The van der Waals surface area contributed by atoms with E-state index in [0.717, 1.165) is 11.1 Å². The molecule has 3 nitrogen and oxygen atoms in total. The third-order valence-electron chi connectivity index (χ3n) is 6.25. The van der Waals surface area contributed by atoms with Gasteiger partial charge in [0, 0.05) is 11.5 Å². The molecule has 128 valence electrons. The first kappa shape index (κ1) is 15.7. The summed E-state index contributed by atoms with van der Waals surface area (Å²) in [5, 5.41) is 0. The summed E-state index contributed by atoms with van der Waals surface area (Å²) in [5.74, 6) is 1.86. The second-order valence-corrected chi connectivity index (χ2v) is 8.23. The van der Waals surface area contributed by atoms with Crippen molar-refractivity contribution < 1.29 is 4.42 Å². The number of rotatable bonds is 1. The fourth-order valence-corrected chi connectivity index (χ4v) is 5.28. The van der Waals surface area contributed by atoms with Gasteiger partial charge in [-0.1, -0.05) is 25.5 Å². The van der Waals surface area contributed by atoms with Gasteiger partial charge in [-0.05, 0) is 74.5 Å². The number of hydrogen-bond donors (Lipinski definition) is 1. The molecule has 1 heterocycles. The summed E-state index contributed by atoms with van der Waals surface area (Å²) in [6.45, 7) is 11.2. The summed E-state index contributed by atoms with van der Waals surface area (Å²) >= 11 is 0. The summed E-state index contributed by atoms with van der Waals surface area (Å²) in [4.78, 5) is 14.9. The van der Waals surface area contributed by atoms with Crippen molar-refractivity contribution in [2.45, 2.75) is 71.6 Å². The number of aryl methyl sites for hydroxylation is 1. The van der Waals surface area contributed by atoms with Crippen molar-refractivity contribution in [3.63, 3.8) is 0 Å². The van der Waals surface area contributed by atoms with Crippen LogP contribution in [0.1, 0.15) is 87.0 Å². The standard InChI is InChI=1S/C21H27NO2/c1-10(2)8-14-9-12(4)15-7-6-11(3)16-18(15)17(14)13(5)19-20(16)24-21(23)22-19/h8,11-12,14-15H,6-7,9H2,1-5H3,(H,22,23)/t11-,12-,14+,15+/m0/s1. The van der Waals surface area contributed by atoms with Crippen molar-refractivity contribution in [1.82, 2.24) is 4.98 Å². The third kappa shape index (κ3) is 2.13. The molecule has 0 amide bonds. The molecule has 0 saturated carbocycles. The highest BCUT2D eigenvalue weighted by atomic mass is 16.4. The normalized spacial score (nSPS) is 28.7. The molecule has 0 fully saturated rings. The fourth-order valence-electron chi connectivity index (χ4n) is 5.28. The average Bonchev–Trinajstić information content (AvgIpc) is 2.88. The zero-order chi connectivity index (χ0) is 17.2. The van der Waals surface area contributed by atoms with Gasteiger partial charge in [0.2, 0.25) is 0 Å². The highest BCUT2D eigenvalue weighted by Crippen LogP contribution is 2.54. The number of aromatic nitrogens is 1. The number of benzene rings is 1. The second kappa shape index (κ2) is 5.37. The molecule has 1 N–H and O–H groups in total. The van der Waals surface area contributed by atoms with Crippen molar-refractivity contribution in [3.05, 3.63) is 44.5 Å². The molecule has 0 unspecified atom stereocenters. The van der Waals surface area contributed by atoms with Crippen LogP contribution < -0.4 is 5.76 Å². The lowest BCUT2D eigenvalue weighted by molar-refractivity contribution is 0.332. The number of oxazole rings is 1. The van der Waals surface area contributed by atoms with Crippen LogP contribution in [0.25, 0.3) is 11.1 Å². The maximum Gasteiger partial charge on any atom is 0.417 e. The number of nitrogens with one attached hydrogen (secondary N) is 1. The van der Waals surface area contributed by atoms with E-state index in [0.29, 0.717) is 23.7 Å². The molecule has 4 rings (SSSR count). The molecule has 2 aliphatic carbocycles. The molecule has 4 atom stereocenters. The number of hydrogen-bond acceptors (Lipinski definition) is 2. The fraction of sp³-hybridized carbons (Fsp3) is 0.571. The maximum absolute atomic E-state index is 11.9. The Labute approximate surface area is 143 Å². The SMILES string of the molecule is CC(C)=C[C@@H]1C[C@H](C)[C@H]2CC[C@H](C)c3c2c1c(C)c1[nH]c(=O)oc31. The number of aromatic amines is 1. The molecular formula is C21H27NO2. The quantitative estimate of drug-likeness (QED) is 0.704. The molecule has 0 spiro atoms. The Morgan fingerprint density at radius 3 is 2.62 bits per heavy atom. The van der Waals surface area contributed by atoms with Crippen LogP contribution in [0, 0.1) is 12.8 Å². The molecular weight excluding hydrogens is 298 g/mol. The molecule has 1 aromatic heterocycles. The van der Waals surface area contributed by atoms with Crippen molar-refractivity contribution in [1.29, 1.82) is 0 Å². The first-order chi connectivity index (χ1) is 11.4. The van der Waals surface area contributed by atoms with Crippen molar-refractivity contribution >= 4 is 11.1 Å². The predicted octanol–water partition coefficient (Wildman–Crippen LogP) is 5.50. The number of fused-ring (bicyclic) bond motifs is 2. The molecule has 0 radical (unpaired) electrons. The molecule has 1 aromatic carbocycles. The van der Waals surface area contributed by atoms with Gasteiger partial charge in [-0.3, -0.25) is 4.98 Å². The lowest BCUT2D eigenvalue weighted by Crippen LogP contribution is -2.28. The Morgan fingerprint density at radius 1 is 1.17 bits per heavy atom. The van der Waals surface area contributed by atoms with Crippen LogP contribution >= 0.6 is 0 Å². The van der Waals surface area contributed by atoms with E-state index in [1.807, 2.05) is 0 Å². The van der Waals surface area contributed by atoms with E-state index in [1.165, 1.54) is 47.1 Å². The van der Waals surface area contributed by atoms with E-state index in [4.69, 9.17) is 4.42 Å². The first-order valence-electron chi connectivity index (χ1n) is 9.22. The van der Waals surface area contributed by atoms with Gasteiger partial charge in [0.05, 0.1) is 5.52 Å². The Balaban J connectivity index is 2.13. The molecule has 2 aromatic rings. The summed E-state index contributed by atoms with van der Waals surface area (Å²) in [5.41, 5.74) is 8.58. The average molecular weight is 325 g/mol. The Bertz CT molecular complexity index is 895. The van der Waals surface area contributed by atoms with Crippen LogP contribution in [-0.2, 0) is 0 Å². The van der Waals surface area contributed by atoms with Crippen molar-refractivity contribution in [3.8, 4) is 0 Å². The summed E-state index contributed by atoms with van der Waals surface area (Å²) in [7, 11) is 0. The van der Waals surface area contributed by atoms with Crippen molar-refractivity contribution in [2.24, 2.45) is 5.92 Å². The van der Waals surface area contributed by atoms with Gasteiger partial charge in [0.25, 0.3) is 0 Å². The summed E-state index contributed by atoms with van der Waals surface area (Å²) < 4.78 is 5.61. The lowest BCUT2D eigenvalue weighted by atomic mass is 9.62. The van der Waals surface area contributed by atoms with Gasteiger partial charge in [0.15, 0.2) is 5.58 Å². The van der Waals surface area contributed by atoms with Crippen molar-refractivity contribution in [2.75, 3.05) is 0 Å². The molecule has 2 aliphatic rings. The van der Waals surface area contributed by atoms with Gasteiger partial charge >= 0.3 is 5.76 Å². The Kier molecular flexibility index (Phi) is 3.52. The van der Waals surface area contributed by atoms with E-state index < -0.39 is 0 Å². The third-order valence-corrected chi connectivity index (χ3v) is 6.25. The van der Waals surface area contributed by atoms with E-state index in [-0.39, 0.29) is 5.76 Å². The topological polar surface area (TPSA) is 46.0 Å². The summed E-state index contributed by atoms with van der Waals surface area (Å²) in [6.07, 6.45) is 6.05. The molecule has 3 heteroatoms. The second-order valence-electron chi connectivity index (χ2n) is 8.23. The predicted molar refractivity (Wildman–Crippen MR) is 97.9 cm³/mol. The van der Waals surface area contributed by atoms with E-state index in [9.17, 15) is 4.79 Å². The zero-order valence-corrected chi connectivity index (χ0v) is 15.3. The Hall–Kier alpha value is -1.77. The molecule has 0 bridgehead atoms. The lowest BCUT2D eigenvalue weighted by Gasteiger charge is -2.42. The van der Waals surface area contributed by atoms with Gasteiger partial charge in [-0.15, -0.1) is 0 Å². The number of allylic oxidation sites excluding steroid dienone is 2. The minimum Gasteiger partial charge on any atom is -0.408 e. The van der Waals surface area contributed by atoms with Gasteiger partial charge < -0.3 is 4.42 Å². The highest BCUT2D eigenvalue weighted by molar-refractivity contribution is 5.84. The zero-order valence-electron chi connectivity index (χ0n) is 15.3. The molecule has 0 saturated heterocycles. The highest BCUT2D eigenvalue weighted by Gasteiger charge is 2.40. The minimum absolute atomic E-state index is 0.326. The van der Waals surface area contributed by atoms with Gasteiger partial charge in [0.1, 0.15) is 0 Å². The summed E-state index contributed by atoms with van der Waals surface area (Å²) in [6, 6.07) is 0. The van der Waals surface area contributed by atoms with Crippen LogP contribution in [0.4, 0.5) is 0 Å². The van der Waals surface area contributed by atoms with E-state index in [2.05, 4.69) is 45.7 Å². The largest absolute Gasteiger partial charge is 0.417 e. The molecule has 24 heavy (non-hydrogen) atoms. The smallest absolute Gasteiger partial charge is 0.408 e. The van der Waals surface area contributed by atoms with E-state index in [1.54, 1.807) is 0 Å². The monoisotopic (exact) mass is 325 g/mol. The van der Waals surface area contributed by atoms with Crippen LogP contribution in [0.2, 0.25) is 0 Å². The minimum atomic E-state index is -0.326. The molecule has 0 aliphatic heterocycles. The Morgan fingerprint density at radius 2 is 1.92 bits per heavy atom. The van der Waals surface area contributed by atoms with Gasteiger partial charge in [-0.2, -0.15) is 0 Å². The van der Waals surface area contributed by atoms with Crippen LogP contribution in [0.3, 0.4) is 0 Å². The van der Waals surface area contributed by atoms with Crippen LogP contribution in [0.15, 0.2) is 20.9 Å². The van der Waals surface area contributed by atoms with Crippen LogP contribution in [0.5, 0.6) is 0 Å². The first-order valence-corrected chi connectivity index (χ1v) is 9.22. The maximum atomic E-state index is 11.9.